The Morgan fingerprint density at radius 3 is 2.46 bits per heavy atom. The van der Waals surface area contributed by atoms with E-state index in [1.165, 1.54) is 4.31 Å². The minimum Gasteiger partial charge on any atom is -0.494 e. The van der Waals surface area contributed by atoms with Crippen molar-refractivity contribution in [1.82, 2.24) is 5.32 Å². The summed E-state index contributed by atoms with van der Waals surface area (Å²) in [7, 11) is -3.20. The standard InChI is InChI=1S/C19H22N2O4S/c22-19(20-12-4-14-25-18-6-2-1-3-7-18)16-8-10-17(11-9-16)21-13-5-15-26(21,23)24/h1-3,6-11H,4-5,12-15H2,(H,20,22). The number of anilines is 1. The van der Waals surface area contributed by atoms with Crippen LogP contribution in [-0.4, -0.2) is 39.8 Å². The number of para-hydroxylation sites is 1. The number of nitrogens with one attached hydrogen (secondary N) is 1. The van der Waals surface area contributed by atoms with Crippen LogP contribution in [-0.2, 0) is 10.0 Å². The predicted octanol–water partition coefficient (Wildman–Crippen LogP) is 2.43. The molecule has 0 radical (unpaired) electrons. The normalized spacial score (nSPS) is 15.6. The summed E-state index contributed by atoms with van der Waals surface area (Å²) in [4.78, 5) is 12.2. The average molecular weight is 374 g/mol. The lowest BCUT2D eigenvalue weighted by atomic mass is 10.2. The first-order valence-corrected chi connectivity index (χ1v) is 10.2. The Morgan fingerprint density at radius 2 is 1.81 bits per heavy atom. The molecule has 7 heteroatoms. The number of amides is 1. The van der Waals surface area contributed by atoms with E-state index >= 15 is 0 Å². The van der Waals surface area contributed by atoms with Crippen molar-refractivity contribution in [3.63, 3.8) is 0 Å². The van der Waals surface area contributed by atoms with E-state index in [0.29, 0.717) is 43.8 Å². The van der Waals surface area contributed by atoms with Gasteiger partial charge < -0.3 is 10.1 Å². The molecule has 1 aliphatic rings. The first-order valence-electron chi connectivity index (χ1n) is 8.63. The summed E-state index contributed by atoms with van der Waals surface area (Å²) >= 11 is 0. The molecule has 1 N–H and O–H groups in total. The molecule has 1 amide bonds. The molecule has 1 heterocycles. The molecule has 0 aromatic heterocycles. The van der Waals surface area contributed by atoms with Crippen LogP contribution in [0.4, 0.5) is 5.69 Å². The van der Waals surface area contributed by atoms with Crippen LogP contribution in [0.2, 0.25) is 0 Å². The number of carbonyl (C=O) groups is 1. The number of ether oxygens (including phenoxy) is 1. The van der Waals surface area contributed by atoms with Gasteiger partial charge in [0.1, 0.15) is 5.75 Å². The lowest BCUT2D eigenvalue weighted by Crippen LogP contribution is -2.26. The zero-order valence-electron chi connectivity index (χ0n) is 14.4. The molecule has 0 spiro atoms. The number of rotatable bonds is 7. The minimum atomic E-state index is -3.20. The van der Waals surface area contributed by atoms with Crippen LogP contribution >= 0.6 is 0 Å². The van der Waals surface area contributed by atoms with Crippen LogP contribution < -0.4 is 14.4 Å². The third kappa shape index (κ3) is 4.54. The van der Waals surface area contributed by atoms with Crippen molar-refractivity contribution in [2.45, 2.75) is 12.8 Å². The molecule has 0 aliphatic carbocycles. The Kier molecular flexibility index (Phi) is 5.78. The van der Waals surface area contributed by atoms with E-state index in [-0.39, 0.29) is 11.7 Å². The third-order valence-electron chi connectivity index (χ3n) is 4.14. The summed E-state index contributed by atoms with van der Waals surface area (Å²) in [6.45, 7) is 1.53. The molecule has 2 aromatic rings. The molecule has 0 unspecified atom stereocenters. The van der Waals surface area contributed by atoms with Crippen molar-refractivity contribution in [2.24, 2.45) is 0 Å². The van der Waals surface area contributed by atoms with Crippen molar-refractivity contribution in [1.29, 1.82) is 0 Å². The van der Waals surface area contributed by atoms with Crippen molar-refractivity contribution < 1.29 is 17.9 Å². The van der Waals surface area contributed by atoms with Crippen molar-refractivity contribution in [2.75, 3.05) is 29.8 Å². The molecule has 26 heavy (non-hydrogen) atoms. The van der Waals surface area contributed by atoms with Crippen LogP contribution in [0.3, 0.4) is 0 Å². The van der Waals surface area contributed by atoms with Gasteiger partial charge in [-0.15, -0.1) is 0 Å². The maximum Gasteiger partial charge on any atom is 0.251 e. The number of sulfonamides is 1. The Balaban J connectivity index is 1.45. The zero-order chi connectivity index (χ0) is 18.4. The van der Waals surface area contributed by atoms with Gasteiger partial charge in [-0.1, -0.05) is 18.2 Å². The van der Waals surface area contributed by atoms with Crippen LogP contribution in [0.15, 0.2) is 54.6 Å². The van der Waals surface area contributed by atoms with Crippen LogP contribution in [0.5, 0.6) is 5.75 Å². The van der Waals surface area contributed by atoms with E-state index in [9.17, 15) is 13.2 Å². The van der Waals surface area contributed by atoms with E-state index in [1.807, 2.05) is 30.3 Å². The monoisotopic (exact) mass is 374 g/mol. The van der Waals surface area contributed by atoms with Gasteiger partial charge in [-0.05, 0) is 49.2 Å². The Bertz CT molecular complexity index is 836. The molecule has 0 atom stereocenters. The van der Waals surface area contributed by atoms with Gasteiger partial charge >= 0.3 is 0 Å². The fourth-order valence-corrected chi connectivity index (χ4v) is 4.36. The quantitative estimate of drug-likeness (QED) is 0.755. The van der Waals surface area contributed by atoms with Crippen molar-refractivity contribution in [3.05, 3.63) is 60.2 Å². The summed E-state index contributed by atoms with van der Waals surface area (Å²) in [5.41, 5.74) is 1.12. The van der Waals surface area contributed by atoms with Crippen LogP contribution in [0.1, 0.15) is 23.2 Å². The van der Waals surface area contributed by atoms with Gasteiger partial charge in [0.05, 0.1) is 18.0 Å². The van der Waals surface area contributed by atoms with Gasteiger partial charge in [0.25, 0.3) is 5.91 Å². The maximum absolute atomic E-state index is 12.2. The molecule has 1 aliphatic heterocycles. The maximum atomic E-state index is 12.2. The fraction of sp³-hybridized carbons (Fsp3) is 0.316. The molecular formula is C19H22N2O4S. The number of hydrogen-bond donors (Lipinski definition) is 1. The van der Waals surface area contributed by atoms with Gasteiger partial charge in [-0.25, -0.2) is 8.42 Å². The molecule has 138 valence electrons. The Hall–Kier alpha value is -2.54. The summed E-state index contributed by atoms with van der Waals surface area (Å²) in [6, 6.07) is 16.2. The average Bonchev–Trinajstić information content (AvgIpc) is 3.01. The molecule has 6 nitrogen and oxygen atoms in total. The number of hydrogen-bond acceptors (Lipinski definition) is 4. The molecule has 0 bridgehead atoms. The zero-order valence-corrected chi connectivity index (χ0v) is 15.2. The summed E-state index contributed by atoms with van der Waals surface area (Å²) in [5, 5.41) is 2.84. The van der Waals surface area contributed by atoms with Gasteiger partial charge in [-0.3, -0.25) is 9.10 Å². The molecule has 2 aromatic carbocycles. The molecular weight excluding hydrogens is 352 g/mol. The minimum absolute atomic E-state index is 0.180. The highest BCUT2D eigenvalue weighted by atomic mass is 32.2. The van der Waals surface area contributed by atoms with Crippen LogP contribution in [0.25, 0.3) is 0 Å². The van der Waals surface area contributed by atoms with E-state index in [4.69, 9.17) is 4.74 Å². The van der Waals surface area contributed by atoms with Gasteiger partial charge in [0.2, 0.25) is 10.0 Å². The lowest BCUT2D eigenvalue weighted by molar-refractivity contribution is 0.0951. The summed E-state index contributed by atoms with van der Waals surface area (Å²) in [5.74, 6) is 0.812. The SMILES string of the molecule is O=C(NCCCOc1ccccc1)c1ccc(N2CCCS2(=O)=O)cc1. The second kappa shape index (κ2) is 8.23. The van der Waals surface area contributed by atoms with Crippen LogP contribution in [0, 0.1) is 0 Å². The number of benzene rings is 2. The summed E-state index contributed by atoms with van der Waals surface area (Å²) < 4.78 is 30.8. The largest absolute Gasteiger partial charge is 0.494 e. The van der Waals surface area contributed by atoms with E-state index in [1.54, 1.807) is 24.3 Å². The first-order chi connectivity index (χ1) is 12.6. The van der Waals surface area contributed by atoms with Gasteiger partial charge in [0, 0.05) is 18.7 Å². The van der Waals surface area contributed by atoms with E-state index < -0.39 is 10.0 Å². The summed E-state index contributed by atoms with van der Waals surface area (Å²) in [6.07, 6.45) is 1.33. The number of carbonyl (C=O) groups excluding carboxylic acids is 1. The fourth-order valence-electron chi connectivity index (χ4n) is 2.79. The van der Waals surface area contributed by atoms with Gasteiger partial charge in [-0.2, -0.15) is 0 Å². The second-order valence-electron chi connectivity index (χ2n) is 6.06. The molecule has 3 rings (SSSR count). The molecule has 0 saturated carbocycles. The van der Waals surface area contributed by atoms with E-state index in [0.717, 1.165) is 5.75 Å². The highest BCUT2D eigenvalue weighted by molar-refractivity contribution is 7.93. The topological polar surface area (TPSA) is 75.7 Å². The Labute approximate surface area is 153 Å². The van der Waals surface area contributed by atoms with Crippen molar-refractivity contribution in [3.8, 4) is 5.75 Å². The smallest absolute Gasteiger partial charge is 0.251 e. The Morgan fingerprint density at radius 1 is 1.08 bits per heavy atom. The van der Waals surface area contributed by atoms with E-state index in [2.05, 4.69) is 5.32 Å². The second-order valence-corrected chi connectivity index (χ2v) is 8.07. The van der Waals surface area contributed by atoms with Gasteiger partial charge in [0.15, 0.2) is 0 Å². The predicted molar refractivity (Wildman–Crippen MR) is 101 cm³/mol. The highest BCUT2D eigenvalue weighted by Gasteiger charge is 2.28. The molecule has 1 fully saturated rings. The first kappa shape index (κ1) is 18.3. The molecule has 1 saturated heterocycles. The number of nitrogens with zero attached hydrogens (tertiary/aromatic N) is 1. The highest BCUT2D eigenvalue weighted by Crippen LogP contribution is 2.24. The van der Waals surface area contributed by atoms with Crippen molar-refractivity contribution >= 4 is 21.6 Å². The lowest BCUT2D eigenvalue weighted by Gasteiger charge is -2.17. The third-order valence-corrected chi connectivity index (χ3v) is 6.00.